The summed E-state index contributed by atoms with van der Waals surface area (Å²) in [4.78, 5) is 21.4. The van der Waals surface area contributed by atoms with Gasteiger partial charge in [0.05, 0.1) is 22.8 Å². The number of carbonyl (C=O) groups excluding carboxylic acids is 1. The number of nitrogens with one attached hydrogen (secondary N) is 2. The van der Waals surface area contributed by atoms with E-state index in [-0.39, 0.29) is 18.3 Å². The SMILES string of the molecule is O=C1OCc2ccccc2N1C1CCNCC1S(=O)(=O)c1nc2ccccc2[nH]1. The molecule has 0 spiro atoms. The maximum absolute atomic E-state index is 13.5. The molecule has 0 aliphatic carbocycles. The van der Waals surface area contributed by atoms with E-state index in [0.29, 0.717) is 29.7 Å². The summed E-state index contributed by atoms with van der Waals surface area (Å²) in [5, 5.41) is 2.23. The molecule has 2 unspecified atom stereocenters. The monoisotopic (exact) mass is 412 g/mol. The summed E-state index contributed by atoms with van der Waals surface area (Å²) in [7, 11) is -3.83. The summed E-state index contributed by atoms with van der Waals surface area (Å²) >= 11 is 0. The van der Waals surface area contributed by atoms with Crippen LogP contribution in [0.5, 0.6) is 0 Å². The molecule has 1 fully saturated rings. The van der Waals surface area contributed by atoms with E-state index < -0.39 is 27.2 Å². The van der Waals surface area contributed by atoms with Crippen molar-refractivity contribution in [2.45, 2.75) is 29.5 Å². The predicted octanol–water partition coefficient (Wildman–Crippen LogP) is 2.22. The Morgan fingerprint density at radius 2 is 1.90 bits per heavy atom. The third-order valence-corrected chi connectivity index (χ3v) is 7.57. The van der Waals surface area contributed by atoms with Crippen molar-refractivity contribution in [1.29, 1.82) is 0 Å². The number of piperidine rings is 1. The molecule has 1 aromatic heterocycles. The number of carbonyl (C=O) groups is 1. The quantitative estimate of drug-likeness (QED) is 0.684. The van der Waals surface area contributed by atoms with Gasteiger partial charge in [-0.2, -0.15) is 0 Å². The van der Waals surface area contributed by atoms with Gasteiger partial charge in [0.15, 0.2) is 0 Å². The zero-order valence-corrected chi connectivity index (χ0v) is 16.4. The fourth-order valence-electron chi connectivity index (χ4n) is 4.12. The van der Waals surface area contributed by atoms with E-state index in [1.165, 1.54) is 4.90 Å². The number of sulfone groups is 1. The number of benzene rings is 2. The molecule has 3 aromatic rings. The number of hydrogen-bond donors (Lipinski definition) is 2. The van der Waals surface area contributed by atoms with Gasteiger partial charge in [-0.25, -0.2) is 18.2 Å². The zero-order valence-electron chi connectivity index (χ0n) is 15.5. The van der Waals surface area contributed by atoms with Crippen LogP contribution in [-0.4, -0.2) is 48.9 Å². The van der Waals surface area contributed by atoms with Gasteiger partial charge < -0.3 is 15.0 Å². The molecule has 2 atom stereocenters. The minimum atomic E-state index is -3.83. The Morgan fingerprint density at radius 1 is 1.10 bits per heavy atom. The average molecular weight is 412 g/mol. The van der Waals surface area contributed by atoms with Crippen molar-refractivity contribution in [2.75, 3.05) is 18.0 Å². The van der Waals surface area contributed by atoms with E-state index in [2.05, 4.69) is 15.3 Å². The molecule has 2 aliphatic heterocycles. The summed E-state index contributed by atoms with van der Waals surface area (Å²) in [6.45, 7) is 1.04. The highest BCUT2D eigenvalue weighted by atomic mass is 32.2. The number of aromatic amines is 1. The fraction of sp³-hybridized carbons (Fsp3) is 0.300. The number of H-pyrrole nitrogens is 1. The van der Waals surface area contributed by atoms with Gasteiger partial charge in [-0.05, 0) is 31.2 Å². The second kappa shape index (κ2) is 6.85. The minimum Gasteiger partial charge on any atom is -0.444 e. The lowest BCUT2D eigenvalue weighted by Crippen LogP contribution is -2.58. The molecule has 0 bridgehead atoms. The van der Waals surface area contributed by atoms with Crippen LogP contribution in [0.15, 0.2) is 53.7 Å². The smallest absolute Gasteiger partial charge is 0.414 e. The topological polar surface area (TPSA) is 104 Å². The highest BCUT2D eigenvalue weighted by molar-refractivity contribution is 7.92. The summed E-state index contributed by atoms with van der Waals surface area (Å²) < 4.78 is 32.4. The first kappa shape index (κ1) is 18.1. The number of para-hydroxylation sites is 3. The molecular formula is C20H20N4O4S. The Hall–Kier alpha value is -2.91. The number of rotatable bonds is 3. The second-order valence-corrected chi connectivity index (χ2v) is 9.34. The lowest BCUT2D eigenvalue weighted by atomic mass is 10.0. The van der Waals surface area contributed by atoms with E-state index >= 15 is 0 Å². The van der Waals surface area contributed by atoms with Crippen LogP contribution in [0.4, 0.5) is 10.5 Å². The number of hydrogen-bond acceptors (Lipinski definition) is 6. The number of aromatic nitrogens is 2. The fourth-order valence-corrected chi connectivity index (χ4v) is 5.90. The number of anilines is 1. The molecule has 2 aromatic carbocycles. The molecule has 9 heteroatoms. The van der Waals surface area contributed by atoms with Crippen molar-refractivity contribution in [1.82, 2.24) is 15.3 Å². The average Bonchev–Trinajstić information content (AvgIpc) is 3.19. The first-order valence-electron chi connectivity index (χ1n) is 9.49. The van der Waals surface area contributed by atoms with Gasteiger partial charge in [-0.15, -0.1) is 0 Å². The molecule has 0 radical (unpaired) electrons. The number of imidazole rings is 1. The number of cyclic esters (lactones) is 1. The Bertz CT molecular complexity index is 1160. The molecule has 1 amide bonds. The molecule has 0 saturated carbocycles. The van der Waals surface area contributed by atoms with Gasteiger partial charge in [0.25, 0.3) is 0 Å². The van der Waals surface area contributed by atoms with Crippen molar-refractivity contribution in [2.24, 2.45) is 0 Å². The molecule has 2 aliphatic rings. The molecule has 29 heavy (non-hydrogen) atoms. The normalized spacial score (nSPS) is 22.3. The molecule has 5 rings (SSSR count). The molecule has 1 saturated heterocycles. The van der Waals surface area contributed by atoms with Gasteiger partial charge in [-0.1, -0.05) is 30.3 Å². The van der Waals surface area contributed by atoms with Crippen LogP contribution in [-0.2, 0) is 21.2 Å². The van der Waals surface area contributed by atoms with E-state index in [4.69, 9.17) is 4.74 Å². The number of nitrogens with zero attached hydrogens (tertiary/aromatic N) is 2. The summed E-state index contributed by atoms with van der Waals surface area (Å²) in [5.74, 6) is 0. The van der Waals surface area contributed by atoms with Crippen LogP contribution in [0, 0.1) is 0 Å². The number of ether oxygens (including phenoxy) is 1. The second-order valence-electron chi connectivity index (χ2n) is 7.26. The van der Waals surface area contributed by atoms with Crippen LogP contribution >= 0.6 is 0 Å². The Balaban J connectivity index is 1.57. The van der Waals surface area contributed by atoms with Crippen LogP contribution in [0.2, 0.25) is 0 Å². The summed E-state index contributed by atoms with van der Waals surface area (Å²) in [5.41, 5.74) is 2.83. The highest BCUT2D eigenvalue weighted by Gasteiger charge is 2.45. The van der Waals surface area contributed by atoms with Gasteiger partial charge in [-0.3, -0.25) is 4.90 Å². The van der Waals surface area contributed by atoms with Gasteiger partial charge in [0, 0.05) is 12.1 Å². The van der Waals surface area contributed by atoms with Crippen molar-refractivity contribution in [3.8, 4) is 0 Å². The third kappa shape index (κ3) is 2.97. The molecule has 150 valence electrons. The lowest BCUT2D eigenvalue weighted by molar-refractivity contribution is 0.137. The van der Waals surface area contributed by atoms with E-state index in [9.17, 15) is 13.2 Å². The van der Waals surface area contributed by atoms with Crippen LogP contribution in [0.25, 0.3) is 11.0 Å². The number of amides is 1. The highest BCUT2D eigenvalue weighted by Crippen LogP contribution is 2.34. The summed E-state index contributed by atoms with van der Waals surface area (Å²) in [6.07, 6.45) is -0.0199. The van der Waals surface area contributed by atoms with E-state index in [0.717, 1.165) is 5.56 Å². The van der Waals surface area contributed by atoms with Crippen molar-refractivity contribution in [3.05, 3.63) is 54.1 Å². The van der Waals surface area contributed by atoms with Crippen molar-refractivity contribution in [3.63, 3.8) is 0 Å². The predicted molar refractivity (Wildman–Crippen MR) is 107 cm³/mol. The first-order valence-corrected chi connectivity index (χ1v) is 11.0. The number of fused-ring (bicyclic) bond motifs is 2. The van der Waals surface area contributed by atoms with Crippen LogP contribution < -0.4 is 10.2 Å². The maximum atomic E-state index is 13.5. The van der Waals surface area contributed by atoms with Gasteiger partial charge in [0.2, 0.25) is 15.0 Å². The third-order valence-electron chi connectivity index (χ3n) is 5.56. The first-order chi connectivity index (χ1) is 14.1. The van der Waals surface area contributed by atoms with E-state index in [1.807, 2.05) is 36.4 Å². The van der Waals surface area contributed by atoms with Crippen molar-refractivity contribution >= 4 is 32.7 Å². The molecule has 2 N–H and O–H groups in total. The van der Waals surface area contributed by atoms with E-state index in [1.54, 1.807) is 12.1 Å². The Kier molecular flexibility index (Phi) is 4.29. The van der Waals surface area contributed by atoms with Crippen LogP contribution in [0.3, 0.4) is 0 Å². The molecule has 8 nitrogen and oxygen atoms in total. The van der Waals surface area contributed by atoms with Gasteiger partial charge >= 0.3 is 6.09 Å². The largest absolute Gasteiger partial charge is 0.444 e. The van der Waals surface area contributed by atoms with Gasteiger partial charge in [0.1, 0.15) is 11.9 Å². The Morgan fingerprint density at radius 3 is 2.76 bits per heavy atom. The lowest BCUT2D eigenvalue weighted by Gasteiger charge is -2.41. The molecular weight excluding hydrogens is 392 g/mol. The molecule has 3 heterocycles. The summed E-state index contributed by atoms with van der Waals surface area (Å²) in [6, 6.07) is 14.1. The van der Waals surface area contributed by atoms with Crippen LogP contribution in [0.1, 0.15) is 12.0 Å². The van der Waals surface area contributed by atoms with Crippen molar-refractivity contribution < 1.29 is 17.9 Å². The zero-order chi connectivity index (χ0) is 20.0. The maximum Gasteiger partial charge on any atom is 0.414 e. The Labute approximate surface area is 167 Å². The minimum absolute atomic E-state index is 0.0731. The standard InChI is InChI=1S/C20H20N4O4S/c25-20-24(16-8-4-1-5-13(16)12-28-20)17-9-10-21-11-18(17)29(26,27)19-22-14-6-2-3-7-15(14)23-19/h1-8,17-18,21H,9-12H2,(H,22,23).